The van der Waals surface area contributed by atoms with Crippen LogP contribution in [0.25, 0.3) is 5.57 Å². The smallest absolute Gasteiger partial charge is 0.334 e. The van der Waals surface area contributed by atoms with Gasteiger partial charge in [0.1, 0.15) is 23.1 Å². The summed E-state index contributed by atoms with van der Waals surface area (Å²) in [7, 11) is -4.38. The number of benzene rings is 2. The van der Waals surface area contributed by atoms with E-state index in [1.807, 2.05) is 6.08 Å². The van der Waals surface area contributed by atoms with Crippen LogP contribution in [0, 0.1) is 17.6 Å². The number of nitrogens with one attached hydrogen (secondary N) is 1. The lowest BCUT2D eigenvalue weighted by atomic mass is 9.95. The molecule has 3 amide bonds. The maximum atomic E-state index is 14.1. The zero-order chi connectivity index (χ0) is 21.9. The summed E-state index contributed by atoms with van der Waals surface area (Å²) < 4.78 is 53.8. The van der Waals surface area contributed by atoms with Crippen molar-refractivity contribution in [2.45, 2.75) is 17.4 Å². The van der Waals surface area contributed by atoms with Gasteiger partial charge in [-0.15, -0.1) is 0 Å². The van der Waals surface area contributed by atoms with Crippen molar-refractivity contribution in [2.24, 2.45) is 5.92 Å². The van der Waals surface area contributed by atoms with E-state index in [1.165, 1.54) is 11.0 Å². The number of fused-ring (bicyclic) bond motifs is 3. The second kappa shape index (κ2) is 6.88. The van der Waals surface area contributed by atoms with Crippen molar-refractivity contribution < 1.29 is 26.8 Å². The number of nitrogens with zero attached hydrogens (tertiary/aromatic N) is 2. The first-order chi connectivity index (χ1) is 14.8. The molecule has 7 nitrogen and oxygen atoms in total. The Morgan fingerprint density at radius 1 is 1.16 bits per heavy atom. The van der Waals surface area contributed by atoms with Crippen LogP contribution in [-0.2, 0) is 14.8 Å². The summed E-state index contributed by atoms with van der Waals surface area (Å²) in [6.07, 6.45) is 2.43. The number of rotatable bonds is 3. The molecule has 1 N–H and O–H groups in total. The lowest BCUT2D eigenvalue weighted by molar-refractivity contribution is -0.131. The third-order valence-corrected chi connectivity index (χ3v) is 7.69. The molecule has 0 unspecified atom stereocenters. The van der Waals surface area contributed by atoms with E-state index in [-0.39, 0.29) is 23.5 Å². The number of hydrogen-bond acceptors (Lipinski definition) is 4. The van der Waals surface area contributed by atoms with Crippen LogP contribution < -0.4 is 5.32 Å². The van der Waals surface area contributed by atoms with Crippen molar-refractivity contribution in [1.29, 1.82) is 0 Å². The van der Waals surface area contributed by atoms with Crippen LogP contribution in [0.15, 0.2) is 53.4 Å². The Balaban J connectivity index is 1.37. The Morgan fingerprint density at radius 2 is 1.94 bits per heavy atom. The van der Waals surface area contributed by atoms with E-state index < -0.39 is 39.2 Å². The number of likely N-dealkylation sites (tertiary alicyclic amines) is 1. The second-order valence-electron chi connectivity index (χ2n) is 7.73. The summed E-state index contributed by atoms with van der Waals surface area (Å²) >= 11 is 0. The van der Waals surface area contributed by atoms with Crippen LogP contribution >= 0.6 is 0 Å². The molecule has 3 aliphatic rings. The van der Waals surface area contributed by atoms with Gasteiger partial charge in [-0.2, -0.15) is 0 Å². The summed E-state index contributed by atoms with van der Waals surface area (Å²) in [5, 5.41) is 2.37. The summed E-state index contributed by atoms with van der Waals surface area (Å²) in [6.45, 7) is -0.388. The lowest BCUT2D eigenvalue weighted by Crippen LogP contribution is -2.50. The molecule has 0 radical (unpaired) electrons. The van der Waals surface area contributed by atoms with Crippen molar-refractivity contribution in [3.63, 3.8) is 0 Å². The van der Waals surface area contributed by atoms with E-state index in [2.05, 4.69) is 5.32 Å². The summed E-state index contributed by atoms with van der Waals surface area (Å²) in [6, 6.07) is 8.16. The molecule has 160 valence electrons. The maximum Gasteiger partial charge on any atom is 0.336 e. The zero-order valence-electron chi connectivity index (χ0n) is 16.1. The molecule has 1 aliphatic carbocycles. The fraction of sp³-hybridized carbons (Fsp3) is 0.238. The Labute approximate surface area is 177 Å². The highest BCUT2D eigenvalue weighted by Crippen LogP contribution is 2.43. The number of sulfonamides is 1. The molecule has 5 rings (SSSR count). The second-order valence-corrected chi connectivity index (χ2v) is 9.56. The topological polar surface area (TPSA) is 86.8 Å². The molecule has 2 heterocycles. The summed E-state index contributed by atoms with van der Waals surface area (Å²) in [5.41, 5.74) is 1.30. The minimum absolute atomic E-state index is 0.0345. The first kappa shape index (κ1) is 19.7. The fourth-order valence-electron chi connectivity index (χ4n) is 4.47. The molecule has 2 aromatic rings. The Morgan fingerprint density at radius 3 is 2.65 bits per heavy atom. The molecule has 31 heavy (non-hydrogen) atoms. The minimum atomic E-state index is -4.38. The lowest BCUT2D eigenvalue weighted by Gasteiger charge is -2.32. The largest absolute Gasteiger partial charge is 0.336 e. The molecule has 2 atom stereocenters. The predicted molar refractivity (Wildman–Crippen MR) is 107 cm³/mol. The SMILES string of the molecule is O=C(CN1C(=O)Nc2ccc(F)cc2S1(=O)=O)N1C[C@@H]2C[C@H]1C=C2c1ccccc1F. The molecule has 0 saturated carbocycles. The maximum absolute atomic E-state index is 14.1. The first-order valence-electron chi connectivity index (χ1n) is 9.65. The zero-order valence-corrected chi connectivity index (χ0v) is 16.9. The van der Waals surface area contributed by atoms with Crippen molar-refractivity contribution >= 4 is 33.2 Å². The number of amides is 3. The molecule has 1 saturated heterocycles. The standard InChI is InChI=1S/C21H17F2N3O4S/c22-13-5-6-18-19(8-13)31(29,30)26(21(28)24-18)11-20(27)25-10-12-7-14(25)9-16(12)15-3-1-2-4-17(15)23/h1-6,8-9,12,14H,7,10-11H2,(H,24,28)/t12-,14-/m0/s1. The van der Waals surface area contributed by atoms with Gasteiger partial charge in [0.2, 0.25) is 5.91 Å². The van der Waals surface area contributed by atoms with E-state index in [4.69, 9.17) is 0 Å². The quantitative estimate of drug-likeness (QED) is 0.787. The predicted octanol–water partition coefficient (Wildman–Crippen LogP) is 2.82. The molecule has 2 aromatic carbocycles. The van der Waals surface area contributed by atoms with Gasteiger partial charge in [0.05, 0.1) is 11.7 Å². The highest BCUT2D eigenvalue weighted by atomic mass is 32.2. The van der Waals surface area contributed by atoms with Crippen molar-refractivity contribution in [3.8, 4) is 0 Å². The van der Waals surface area contributed by atoms with Crippen LogP contribution in [-0.4, -0.2) is 48.7 Å². The van der Waals surface area contributed by atoms with E-state index in [1.54, 1.807) is 18.2 Å². The Hall–Kier alpha value is -3.27. The van der Waals surface area contributed by atoms with E-state index in [0.717, 1.165) is 23.8 Å². The third-order valence-electron chi connectivity index (χ3n) is 5.92. The Bertz CT molecular complexity index is 1260. The average Bonchev–Trinajstić information content (AvgIpc) is 3.33. The van der Waals surface area contributed by atoms with Gasteiger partial charge in [0.25, 0.3) is 10.0 Å². The summed E-state index contributed by atoms with van der Waals surface area (Å²) in [5.74, 6) is -1.71. The average molecular weight is 445 g/mol. The molecule has 2 bridgehead atoms. The molecule has 2 aliphatic heterocycles. The van der Waals surface area contributed by atoms with E-state index in [0.29, 0.717) is 22.8 Å². The number of carbonyl (C=O) groups is 2. The minimum Gasteiger partial charge on any atom is -0.334 e. The van der Waals surface area contributed by atoms with Gasteiger partial charge in [-0.1, -0.05) is 24.3 Å². The number of carbonyl (C=O) groups excluding carboxylic acids is 2. The Kier molecular flexibility index (Phi) is 4.37. The number of halogens is 2. The van der Waals surface area contributed by atoms with Crippen LogP contribution in [0.2, 0.25) is 0 Å². The highest BCUT2D eigenvalue weighted by Gasteiger charge is 2.44. The summed E-state index contributed by atoms with van der Waals surface area (Å²) in [4.78, 5) is 26.3. The normalized spacial score (nSPS) is 23.4. The molecule has 0 spiro atoms. The van der Waals surface area contributed by atoms with E-state index >= 15 is 0 Å². The fourth-order valence-corrected chi connectivity index (χ4v) is 5.91. The van der Waals surface area contributed by atoms with Gasteiger partial charge in [0.15, 0.2) is 0 Å². The van der Waals surface area contributed by atoms with Crippen LogP contribution in [0.1, 0.15) is 12.0 Å². The van der Waals surface area contributed by atoms with Gasteiger partial charge < -0.3 is 10.2 Å². The molecular formula is C21H17F2N3O4S. The number of hydrogen-bond donors (Lipinski definition) is 1. The molecule has 1 fully saturated rings. The number of anilines is 1. The monoisotopic (exact) mass is 445 g/mol. The third kappa shape index (κ3) is 3.09. The van der Waals surface area contributed by atoms with Gasteiger partial charge in [0, 0.05) is 18.0 Å². The van der Waals surface area contributed by atoms with Crippen LogP contribution in [0.3, 0.4) is 0 Å². The van der Waals surface area contributed by atoms with Crippen molar-refractivity contribution in [2.75, 3.05) is 18.4 Å². The molecular weight excluding hydrogens is 428 g/mol. The molecule has 10 heteroatoms. The van der Waals surface area contributed by atoms with Crippen LogP contribution in [0.5, 0.6) is 0 Å². The van der Waals surface area contributed by atoms with Gasteiger partial charge in [-0.3, -0.25) is 4.79 Å². The van der Waals surface area contributed by atoms with E-state index in [9.17, 15) is 26.8 Å². The van der Waals surface area contributed by atoms with Gasteiger partial charge in [-0.25, -0.2) is 26.3 Å². The van der Waals surface area contributed by atoms with Crippen molar-refractivity contribution in [1.82, 2.24) is 9.21 Å². The van der Waals surface area contributed by atoms with Crippen molar-refractivity contribution in [3.05, 3.63) is 65.7 Å². The first-order valence-corrected chi connectivity index (χ1v) is 11.1. The van der Waals surface area contributed by atoms with Crippen LogP contribution in [0.4, 0.5) is 19.3 Å². The highest BCUT2D eigenvalue weighted by molar-refractivity contribution is 7.90. The van der Waals surface area contributed by atoms with Gasteiger partial charge in [-0.05, 0) is 36.3 Å². The molecule has 0 aromatic heterocycles. The number of urea groups is 1. The van der Waals surface area contributed by atoms with Gasteiger partial charge >= 0.3 is 6.03 Å².